The number of pyridine rings is 1. The first-order chi connectivity index (χ1) is 11.1. The Kier molecular flexibility index (Phi) is 5.11. The van der Waals surface area contributed by atoms with E-state index in [1.165, 1.54) is 12.5 Å². The van der Waals surface area contributed by atoms with Crippen LogP contribution in [0.5, 0.6) is 5.75 Å². The molecule has 0 atom stereocenters. The molecule has 1 aliphatic heterocycles. The summed E-state index contributed by atoms with van der Waals surface area (Å²) in [6, 6.07) is 5.18. The maximum atomic E-state index is 14.2. The average molecular weight is 316 g/mol. The van der Waals surface area contributed by atoms with E-state index in [0.717, 1.165) is 49.2 Å². The third kappa shape index (κ3) is 4.20. The Balaban J connectivity index is 1.59. The number of rotatable bonds is 5. The van der Waals surface area contributed by atoms with E-state index < -0.39 is 0 Å². The molecule has 4 heteroatoms. The zero-order chi connectivity index (χ0) is 16.2. The van der Waals surface area contributed by atoms with Crippen LogP contribution < -0.4 is 4.74 Å². The molecule has 2 heterocycles. The highest BCUT2D eigenvalue weighted by Gasteiger charge is 2.21. The van der Waals surface area contributed by atoms with Crippen molar-refractivity contribution in [1.82, 2.24) is 9.88 Å². The first-order valence-electron chi connectivity index (χ1n) is 8.54. The van der Waals surface area contributed by atoms with E-state index in [4.69, 9.17) is 4.74 Å². The third-order valence-electron chi connectivity index (χ3n) is 4.54. The van der Waals surface area contributed by atoms with Gasteiger partial charge in [-0.2, -0.15) is 0 Å². The Morgan fingerprint density at radius 3 is 2.78 bits per heavy atom. The van der Waals surface area contributed by atoms with Crippen molar-refractivity contribution in [1.29, 1.82) is 0 Å². The number of aromatic nitrogens is 1. The summed E-state index contributed by atoms with van der Waals surface area (Å²) in [5.74, 6) is 0.808. The number of piperidine rings is 1. The minimum Gasteiger partial charge on any atom is -0.487 e. The van der Waals surface area contributed by atoms with Crippen LogP contribution in [0.15, 0.2) is 30.6 Å². The zero-order valence-corrected chi connectivity index (χ0v) is 14.0. The van der Waals surface area contributed by atoms with Gasteiger partial charge in [-0.1, -0.05) is 13.8 Å². The number of hydrogen-bond donors (Lipinski definition) is 0. The van der Waals surface area contributed by atoms with Gasteiger partial charge in [0.05, 0.1) is 0 Å². The van der Waals surface area contributed by atoms with Crippen LogP contribution in [-0.2, 0) is 0 Å². The molecule has 2 aromatic rings. The van der Waals surface area contributed by atoms with Gasteiger partial charge in [0.15, 0.2) is 11.6 Å². The summed E-state index contributed by atoms with van der Waals surface area (Å²) in [5.41, 5.74) is 0. The van der Waals surface area contributed by atoms with E-state index in [2.05, 4.69) is 23.7 Å². The molecular formula is C19H25FN2O. The summed E-state index contributed by atoms with van der Waals surface area (Å²) in [4.78, 5) is 6.51. The second-order valence-corrected chi connectivity index (χ2v) is 6.85. The predicted molar refractivity (Wildman–Crippen MR) is 91.2 cm³/mol. The second-order valence-electron chi connectivity index (χ2n) is 6.85. The molecule has 0 saturated carbocycles. The van der Waals surface area contributed by atoms with Crippen molar-refractivity contribution >= 4 is 10.8 Å². The lowest BCUT2D eigenvalue weighted by Gasteiger charge is -2.32. The number of likely N-dealkylation sites (tertiary alicyclic amines) is 1. The third-order valence-corrected chi connectivity index (χ3v) is 4.54. The fraction of sp³-hybridized carbons (Fsp3) is 0.526. The smallest absolute Gasteiger partial charge is 0.165 e. The van der Waals surface area contributed by atoms with Crippen LogP contribution in [0.1, 0.15) is 33.1 Å². The summed E-state index contributed by atoms with van der Waals surface area (Å²) >= 11 is 0. The Morgan fingerprint density at radius 1 is 1.26 bits per heavy atom. The van der Waals surface area contributed by atoms with Gasteiger partial charge in [0.25, 0.3) is 0 Å². The molecule has 3 rings (SSSR count). The van der Waals surface area contributed by atoms with Crippen molar-refractivity contribution in [2.24, 2.45) is 5.92 Å². The van der Waals surface area contributed by atoms with Crippen LogP contribution in [0.3, 0.4) is 0 Å². The lowest BCUT2D eigenvalue weighted by molar-refractivity contribution is 0.0948. The fourth-order valence-corrected chi connectivity index (χ4v) is 3.05. The van der Waals surface area contributed by atoms with Gasteiger partial charge in [-0.15, -0.1) is 0 Å². The van der Waals surface area contributed by atoms with Crippen LogP contribution >= 0.6 is 0 Å². The topological polar surface area (TPSA) is 25.4 Å². The molecule has 0 radical (unpaired) electrons. The van der Waals surface area contributed by atoms with Gasteiger partial charge in [-0.25, -0.2) is 4.39 Å². The van der Waals surface area contributed by atoms with Gasteiger partial charge in [0.1, 0.15) is 6.10 Å². The molecular weight excluding hydrogens is 291 g/mol. The molecule has 0 unspecified atom stereocenters. The van der Waals surface area contributed by atoms with Gasteiger partial charge in [-0.3, -0.25) is 4.98 Å². The first-order valence-corrected chi connectivity index (χ1v) is 8.54. The summed E-state index contributed by atoms with van der Waals surface area (Å²) in [7, 11) is 0. The molecule has 1 aromatic carbocycles. The molecule has 1 aliphatic rings. The molecule has 0 spiro atoms. The molecule has 1 aromatic heterocycles. The van der Waals surface area contributed by atoms with Crippen LogP contribution in [0.2, 0.25) is 0 Å². The average Bonchev–Trinajstić information content (AvgIpc) is 2.55. The van der Waals surface area contributed by atoms with E-state index in [9.17, 15) is 4.39 Å². The number of ether oxygens (including phenoxy) is 1. The van der Waals surface area contributed by atoms with E-state index in [0.29, 0.717) is 5.75 Å². The van der Waals surface area contributed by atoms with Crippen LogP contribution in [0.4, 0.5) is 4.39 Å². The van der Waals surface area contributed by atoms with Crippen molar-refractivity contribution in [2.75, 3.05) is 19.6 Å². The van der Waals surface area contributed by atoms with E-state index in [-0.39, 0.29) is 11.9 Å². The van der Waals surface area contributed by atoms with Crippen molar-refractivity contribution < 1.29 is 9.13 Å². The molecule has 1 saturated heterocycles. The molecule has 0 bridgehead atoms. The van der Waals surface area contributed by atoms with Crippen molar-refractivity contribution in [2.45, 2.75) is 39.2 Å². The van der Waals surface area contributed by atoms with E-state index in [1.54, 1.807) is 18.5 Å². The standard InChI is InChI=1S/C19H25FN2O/c1-14(2)4-8-22-9-5-17(6-10-22)23-19-12-15-3-7-21-13-16(15)11-18(19)20/h3,7,11-14,17H,4-6,8-10H2,1-2H3. The second kappa shape index (κ2) is 7.26. The number of hydrogen-bond acceptors (Lipinski definition) is 3. The van der Waals surface area contributed by atoms with Crippen molar-refractivity contribution in [3.05, 3.63) is 36.4 Å². The van der Waals surface area contributed by atoms with Gasteiger partial charge < -0.3 is 9.64 Å². The number of fused-ring (bicyclic) bond motifs is 1. The summed E-state index contributed by atoms with van der Waals surface area (Å²) in [6.45, 7) is 7.75. The van der Waals surface area contributed by atoms with Crippen molar-refractivity contribution in [3.63, 3.8) is 0 Å². The molecule has 0 N–H and O–H groups in total. The van der Waals surface area contributed by atoms with Gasteiger partial charge >= 0.3 is 0 Å². The first kappa shape index (κ1) is 16.2. The van der Waals surface area contributed by atoms with Crippen LogP contribution in [0, 0.1) is 11.7 Å². The summed E-state index contributed by atoms with van der Waals surface area (Å²) in [5, 5.41) is 1.77. The fourth-order valence-electron chi connectivity index (χ4n) is 3.05. The highest BCUT2D eigenvalue weighted by atomic mass is 19.1. The number of nitrogens with zero attached hydrogens (tertiary/aromatic N) is 2. The maximum Gasteiger partial charge on any atom is 0.165 e. The number of halogens is 1. The zero-order valence-electron chi connectivity index (χ0n) is 14.0. The maximum absolute atomic E-state index is 14.2. The summed E-state index contributed by atoms with van der Waals surface area (Å²) in [6.07, 6.45) is 6.67. The van der Waals surface area contributed by atoms with Crippen LogP contribution in [-0.4, -0.2) is 35.6 Å². The molecule has 0 aliphatic carbocycles. The SMILES string of the molecule is CC(C)CCN1CCC(Oc2cc3ccncc3cc2F)CC1. The highest BCUT2D eigenvalue weighted by Crippen LogP contribution is 2.27. The monoisotopic (exact) mass is 316 g/mol. The quantitative estimate of drug-likeness (QED) is 0.824. The molecule has 23 heavy (non-hydrogen) atoms. The largest absolute Gasteiger partial charge is 0.487 e. The van der Waals surface area contributed by atoms with E-state index in [1.807, 2.05) is 6.07 Å². The van der Waals surface area contributed by atoms with Crippen LogP contribution in [0.25, 0.3) is 10.8 Å². The van der Waals surface area contributed by atoms with E-state index >= 15 is 0 Å². The molecule has 1 fully saturated rings. The van der Waals surface area contributed by atoms with Crippen molar-refractivity contribution in [3.8, 4) is 5.75 Å². The Labute approximate surface area is 137 Å². The minimum atomic E-state index is -0.298. The molecule has 0 amide bonds. The normalized spacial score (nSPS) is 17.0. The Bertz CT molecular complexity index is 651. The lowest BCUT2D eigenvalue weighted by atomic mass is 10.1. The lowest BCUT2D eigenvalue weighted by Crippen LogP contribution is -2.39. The Morgan fingerprint density at radius 2 is 2.04 bits per heavy atom. The van der Waals surface area contributed by atoms with Gasteiger partial charge in [0, 0.05) is 30.9 Å². The highest BCUT2D eigenvalue weighted by molar-refractivity contribution is 5.83. The summed E-state index contributed by atoms with van der Waals surface area (Å²) < 4.78 is 20.1. The molecule has 124 valence electrons. The molecule has 3 nitrogen and oxygen atoms in total. The minimum absolute atomic E-state index is 0.110. The van der Waals surface area contributed by atoms with Gasteiger partial charge in [0.2, 0.25) is 0 Å². The van der Waals surface area contributed by atoms with Gasteiger partial charge in [-0.05, 0) is 55.3 Å². The predicted octanol–water partition coefficient (Wildman–Crippen LogP) is 4.26. The number of benzene rings is 1. The Hall–Kier alpha value is -1.68.